The maximum Gasteiger partial charge on any atom is 0.270 e. The highest BCUT2D eigenvalue weighted by Gasteiger charge is 2.39. The van der Waals surface area contributed by atoms with Crippen molar-refractivity contribution >= 4 is 22.9 Å². The summed E-state index contributed by atoms with van der Waals surface area (Å²) >= 11 is 1.65. The predicted molar refractivity (Wildman–Crippen MR) is 135 cm³/mol. The average Bonchev–Trinajstić information content (AvgIpc) is 3.38. The van der Waals surface area contributed by atoms with Gasteiger partial charge in [-0.2, -0.15) is 5.26 Å². The van der Waals surface area contributed by atoms with E-state index in [0.29, 0.717) is 13.2 Å². The van der Waals surface area contributed by atoms with Crippen LogP contribution in [0.4, 0.5) is 5.69 Å². The highest BCUT2D eigenvalue weighted by atomic mass is 32.1. The lowest BCUT2D eigenvalue weighted by molar-refractivity contribution is 0.0889. The maximum absolute atomic E-state index is 13.1. The zero-order valence-corrected chi connectivity index (χ0v) is 20.7. The van der Waals surface area contributed by atoms with Gasteiger partial charge in [-0.15, -0.1) is 11.3 Å². The quantitative estimate of drug-likeness (QED) is 0.436. The van der Waals surface area contributed by atoms with E-state index in [4.69, 9.17) is 10.5 Å². The van der Waals surface area contributed by atoms with E-state index in [1.54, 1.807) is 24.5 Å². The minimum atomic E-state index is -0.342. The van der Waals surface area contributed by atoms with Gasteiger partial charge in [0.25, 0.3) is 5.91 Å². The number of carbonyl (C=O) groups is 1. The smallest absolute Gasteiger partial charge is 0.270 e. The molecule has 1 amide bonds. The van der Waals surface area contributed by atoms with Gasteiger partial charge < -0.3 is 21.1 Å². The van der Waals surface area contributed by atoms with Gasteiger partial charge in [0.2, 0.25) is 5.88 Å². The molecule has 0 aromatic carbocycles. The Morgan fingerprint density at radius 1 is 1.37 bits per heavy atom. The number of anilines is 1. The number of amides is 1. The number of carbonyl (C=O) groups excluding carboxylic acids is 1. The summed E-state index contributed by atoms with van der Waals surface area (Å²) in [5.74, 6) is -0.0830. The Morgan fingerprint density at radius 2 is 2.17 bits per heavy atom. The number of piperidine rings is 1. The van der Waals surface area contributed by atoms with Crippen LogP contribution in [0.5, 0.6) is 5.88 Å². The SMILES string of the molecule is CCOc1nc(C(=O)NCC2(C(C)c3cnc(-c4ccccn4)s3)CCNCC2)cc(N)c1C#N. The number of nitrogen functional groups attached to an aromatic ring is 1. The fourth-order valence-electron chi connectivity index (χ4n) is 4.44. The summed E-state index contributed by atoms with van der Waals surface area (Å²) in [6.07, 6.45) is 5.53. The molecule has 3 aromatic rings. The molecule has 0 saturated carbocycles. The molecule has 182 valence electrons. The van der Waals surface area contributed by atoms with Crippen LogP contribution in [0.2, 0.25) is 0 Å². The molecule has 1 fully saturated rings. The summed E-state index contributed by atoms with van der Waals surface area (Å²) < 4.78 is 5.44. The summed E-state index contributed by atoms with van der Waals surface area (Å²) in [6.45, 7) is 6.54. The summed E-state index contributed by atoms with van der Waals surface area (Å²) in [6, 6.07) is 9.22. The minimum Gasteiger partial charge on any atom is -0.477 e. The Bertz CT molecular complexity index is 1220. The Hall–Kier alpha value is -3.55. The van der Waals surface area contributed by atoms with E-state index < -0.39 is 0 Å². The lowest BCUT2D eigenvalue weighted by atomic mass is 9.69. The van der Waals surface area contributed by atoms with Crippen molar-refractivity contribution in [2.75, 3.05) is 32.0 Å². The molecule has 35 heavy (non-hydrogen) atoms. The van der Waals surface area contributed by atoms with E-state index in [1.165, 1.54) is 10.9 Å². The highest BCUT2D eigenvalue weighted by molar-refractivity contribution is 7.15. The van der Waals surface area contributed by atoms with Crippen LogP contribution >= 0.6 is 11.3 Å². The van der Waals surface area contributed by atoms with Crippen LogP contribution in [0, 0.1) is 16.7 Å². The van der Waals surface area contributed by atoms with Gasteiger partial charge in [-0.25, -0.2) is 9.97 Å². The first-order chi connectivity index (χ1) is 17.0. The summed E-state index contributed by atoms with van der Waals surface area (Å²) in [5.41, 5.74) is 7.16. The van der Waals surface area contributed by atoms with Crippen molar-refractivity contribution in [2.24, 2.45) is 5.41 Å². The molecule has 1 unspecified atom stereocenters. The molecule has 4 rings (SSSR count). The fraction of sp³-hybridized carbons (Fsp3) is 0.400. The number of hydrogen-bond acceptors (Lipinski definition) is 9. The first kappa shape index (κ1) is 24.6. The van der Waals surface area contributed by atoms with Crippen molar-refractivity contribution in [3.8, 4) is 22.7 Å². The number of rotatable bonds is 8. The zero-order chi connectivity index (χ0) is 24.8. The summed E-state index contributed by atoms with van der Waals surface area (Å²) in [5, 5.41) is 16.7. The van der Waals surface area contributed by atoms with Crippen molar-refractivity contribution in [2.45, 2.75) is 32.6 Å². The number of nitrogens with zero attached hydrogens (tertiary/aromatic N) is 4. The third-order valence-electron chi connectivity index (χ3n) is 6.60. The maximum atomic E-state index is 13.1. The van der Waals surface area contributed by atoms with E-state index in [2.05, 4.69) is 32.5 Å². The molecule has 10 heteroatoms. The van der Waals surface area contributed by atoms with Gasteiger partial charge in [-0.3, -0.25) is 9.78 Å². The number of hydrogen-bond donors (Lipinski definition) is 3. The van der Waals surface area contributed by atoms with Gasteiger partial charge in [0.15, 0.2) is 0 Å². The van der Waals surface area contributed by atoms with Gasteiger partial charge in [0, 0.05) is 23.8 Å². The van der Waals surface area contributed by atoms with Crippen LogP contribution < -0.4 is 21.1 Å². The number of aromatic nitrogens is 3. The first-order valence-corrected chi connectivity index (χ1v) is 12.5. The Labute approximate surface area is 208 Å². The number of thiazole rings is 1. The standard InChI is InChI=1S/C25H29N7O2S/c1-3-34-23-17(13-26)18(27)12-20(32-23)22(33)31-15-25(7-10-28-11-8-25)16(2)21-14-30-24(35-21)19-6-4-5-9-29-19/h4-6,9,12,14,16,28H,3,7-8,10-11,15H2,1-2H3,(H2,27,32)(H,31,33). The third-order valence-corrected chi connectivity index (χ3v) is 7.80. The number of pyridine rings is 2. The highest BCUT2D eigenvalue weighted by Crippen LogP contribution is 2.45. The normalized spacial score (nSPS) is 15.7. The Kier molecular flexibility index (Phi) is 7.58. The molecular formula is C25H29N7O2S. The van der Waals surface area contributed by atoms with E-state index in [-0.39, 0.29) is 40.1 Å². The van der Waals surface area contributed by atoms with E-state index in [0.717, 1.165) is 36.6 Å². The second-order valence-electron chi connectivity index (χ2n) is 8.62. The van der Waals surface area contributed by atoms with Gasteiger partial charge in [0.1, 0.15) is 22.3 Å². The van der Waals surface area contributed by atoms with Crippen LogP contribution in [0.3, 0.4) is 0 Å². The number of nitrogens with one attached hydrogen (secondary N) is 2. The second-order valence-corrected chi connectivity index (χ2v) is 9.68. The van der Waals surface area contributed by atoms with Crippen molar-refractivity contribution in [3.63, 3.8) is 0 Å². The lowest BCUT2D eigenvalue weighted by Gasteiger charge is -2.42. The molecule has 1 saturated heterocycles. The van der Waals surface area contributed by atoms with E-state index in [1.807, 2.05) is 30.5 Å². The third kappa shape index (κ3) is 5.26. The molecule has 0 radical (unpaired) electrons. The van der Waals surface area contributed by atoms with Crippen molar-refractivity contribution in [3.05, 3.63) is 52.8 Å². The number of ether oxygens (including phenoxy) is 1. The molecule has 3 aromatic heterocycles. The van der Waals surface area contributed by atoms with Gasteiger partial charge in [-0.05, 0) is 62.4 Å². The summed E-state index contributed by atoms with van der Waals surface area (Å²) in [7, 11) is 0. The Balaban J connectivity index is 1.54. The largest absolute Gasteiger partial charge is 0.477 e. The monoisotopic (exact) mass is 491 g/mol. The topological polar surface area (TPSA) is 139 Å². The molecule has 0 aliphatic carbocycles. The molecule has 1 aliphatic rings. The first-order valence-electron chi connectivity index (χ1n) is 11.7. The van der Waals surface area contributed by atoms with Gasteiger partial charge >= 0.3 is 0 Å². The van der Waals surface area contributed by atoms with Crippen molar-refractivity contribution in [1.82, 2.24) is 25.6 Å². The van der Waals surface area contributed by atoms with Crippen molar-refractivity contribution in [1.29, 1.82) is 5.26 Å². The predicted octanol–water partition coefficient (Wildman–Crippen LogP) is 3.36. The molecule has 1 atom stereocenters. The molecule has 1 aliphatic heterocycles. The Morgan fingerprint density at radius 3 is 2.86 bits per heavy atom. The van der Waals surface area contributed by atoms with E-state index >= 15 is 0 Å². The van der Waals surface area contributed by atoms with Crippen LogP contribution in [0.15, 0.2) is 36.7 Å². The molecular weight excluding hydrogens is 462 g/mol. The molecule has 0 spiro atoms. The van der Waals surface area contributed by atoms with Crippen LogP contribution in [-0.2, 0) is 0 Å². The second kappa shape index (κ2) is 10.8. The number of nitrogens with two attached hydrogens (primary N) is 1. The molecule has 9 nitrogen and oxygen atoms in total. The average molecular weight is 492 g/mol. The minimum absolute atomic E-state index is 0.0804. The van der Waals surface area contributed by atoms with Crippen LogP contribution in [-0.4, -0.2) is 47.1 Å². The lowest BCUT2D eigenvalue weighted by Crippen LogP contribution is -2.47. The fourth-order valence-corrected chi connectivity index (χ4v) is 5.53. The van der Waals surface area contributed by atoms with Crippen molar-refractivity contribution < 1.29 is 9.53 Å². The number of nitriles is 1. The zero-order valence-electron chi connectivity index (χ0n) is 19.9. The molecule has 0 bridgehead atoms. The van der Waals surface area contributed by atoms with Gasteiger partial charge in [0.05, 0.1) is 18.0 Å². The van der Waals surface area contributed by atoms with Crippen LogP contribution in [0.25, 0.3) is 10.7 Å². The van der Waals surface area contributed by atoms with Gasteiger partial charge in [-0.1, -0.05) is 13.0 Å². The summed E-state index contributed by atoms with van der Waals surface area (Å²) in [4.78, 5) is 27.5. The molecule has 4 N–H and O–H groups in total. The molecule has 4 heterocycles. The van der Waals surface area contributed by atoms with Crippen LogP contribution in [0.1, 0.15) is 53.5 Å². The van der Waals surface area contributed by atoms with E-state index in [9.17, 15) is 10.1 Å².